The van der Waals surface area contributed by atoms with E-state index in [0.717, 1.165) is 22.6 Å². The minimum Gasteiger partial charge on any atom is -0.476 e. The molecule has 0 unspecified atom stereocenters. The van der Waals surface area contributed by atoms with Crippen molar-refractivity contribution >= 4 is 34.0 Å². The summed E-state index contributed by atoms with van der Waals surface area (Å²) in [6.45, 7) is 2.70. The fraction of sp³-hybridized carbons (Fsp3) is 0.105. The molecule has 7 heteroatoms. The van der Waals surface area contributed by atoms with Gasteiger partial charge in [-0.1, -0.05) is 30.3 Å². The second kappa shape index (κ2) is 7.79. The molecule has 1 amide bonds. The first-order chi connectivity index (χ1) is 12.5. The first-order valence-corrected chi connectivity index (χ1v) is 8.79. The normalized spacial score (nSPS) is 10.3. The molecule has 0 atom stereocenters. The van der Waals surface area contributed by atoms with Crippen LogP contribution in [0.1, 0.15) is 32.0 Å². The Balaban J connectivity index is 1.60. The number of para-hydroxylation sites is 1. The predicted octanol–water partition coefficient (Wildman–Crippen LogP) is 4.01. The Morgan fingerprint density at radius 1 is 1.12 bits per heavy atom. The van der Waals surface area contributed by atoms with Crippen LogP contribution in [-0.4, -0.2) is 22.0 Å². The highest BCUT2D eigenvalue weighted by Gasteiger charge is 2.12. The summed E-state index contributed by atoms with van der Waals surface area (Å²) in [5.41, 5.74) is 3.70. The summed E-state index contributed by atoms with van der Waals surface area (Å²) in [6, 6.07) is 15.3. The van der Waals surface area contributed by atoms with E-state index in [1.165, 1.54) is 10.9 Å². The zero-order valence-electron chi connectivity index (χ0n) is 14.0. The summed E-state index contributed by atoms with van der Waals surface area (Å²) in [4.78, 5) is 26.9. The molecule has 0 fully saturated rings. The van der Waals surface area contributed by atoms with E-state index in [1.807, 2.05) is 43.3 Å². The van der Waals surface area contributed by atoms with E-state index in [-0.39, 0.29) is 16.7 Å². The molecule has 0 bridgehead atoms. The molecule has 2 aromatic carbocycles. The number of aromatic carboxylic acids is 1. The number of aryl methyl sites for hydroxylation is 1. The van der Waals surface area contributed by atoms with Gasteiger partial charge < -0.3 is 10.4 Å². The van der Waals surface area contributed by atoms with Gasteiger partial charge in [-0.25, -0.2) is 9.78 Å². The van der Waals surface area contributed by atoms with E-state index < -0.39 is 5.97 Å². The number of hydrogen-bond acceptors (Lipinski definition) is 5. The van der Waals surface area contributed by atoms with Crippen molar-refractivity contribution in [2.45, 2.75) is 13.5 Å². The number of nitrogens with one attached hydrogen (secondary N) is 2. The summed E-state index contributed by atoms with van der Waals surface area (Å²) >= 11 is 1.08. The van der Waals surface area contributed by atoms with Gasteiger partial charge in [0.2, 0.25) is 0 Å². The molecule has 6 nitrogen and oxygen atoms in total. The third kappa shape index (κ3) is 4.25. The van der Waals surface area contributed by atoms with E-state index in [1.54, 1.807) is 12.1 Å². The molecule has 26 heavy (non-hydrogen) atoms. The van der Waals surface area contributed by atoms with Crippen LogP contribution < -0.4 is 10.6 Å². The maximum Gasteiger partial charge on any atom is 0.355 e. The quantitative estimate of drug-likeness (QED) is 0.612. The Kier molecular flexibility index (Phi) is 5.28. The molecule has 0 saturated carbocycles. The van der Waals surface area contributed by atoms with Crippen LogP contribution in [0.25, 0.3) is 0 Å². The average molecular weight is 367 g/mol. The summed E-state index contributed by atoms with van der Waals surface area (Å²) in [6.07, 6.45) is 0. The Bertz CT molecular complexity index is 935. The second-order valence-electron chi connectivity index (χ2n) is 5.66. The Morgan fingerprint density at radius 3 is 2.50 bits per heavy atom. The molecule has 0 saturated heterocycles. The highest BCUT2D eigenvalue weighted by Crippen LogP contribution is 2.18. The van der Waals surface area contributed by atoms with E-state index in [4.69, 9.17) is 5.11 Å². The average Bonchev–Trinajstić information content (AvgIpc) is 3.10. The molecule has 3 N–H and O–H groups in total. The van der Waals surface area contributed by atoms with Crippen molar-refractivity contribution in [3.8, 4) is 0 Å². The molecule has 0 aliphatic heterocycles. The Hall–Kier alpha value is -3.19. The molecule has 0 radical (unpaired) electrons. The maximum atomic E-state index is 12.2. The molecule has 0 aliphatic rings. The van der Waals surface area contributed by atoms with Crippen LogP contribution in [0.4, 0.5) is 10.8 Å². The van der Waals surface area contributed by atoms with Crippen molar-refractivity contribution in [2.24, 2.45) is 0 Å². The molecule has 1 aromatic heterocycles. The molecule has 3 aromatic rings. The van der Waals surface area contributed by atoms with Crippen LogP contribution in [0.5, 0.6) is 0 Å². The monoisotopic (exact) mass is 367 g/mol. The van der Waals surface area contributed by atoms with Gasteiger partial charge >= 0.3 is 5.97 Å². The second-order valence-corrected chi connectivity index (χ2v) is 6.52. The Morgan fingerprint density at radius 2 is 1.85 bits per heavy atom. The number of carbonyl (C=O) groups excluding carboxylic acids is 1. The fourth-order valence-electron chi connectivity index (χ4n) is 2.34. The van der Waals surface area contributed by atoms with Gasteiger partial charge in [-0.2, -0.15) is 0 Å². The number of hydrogen-bond donors (Lipinski definition) is 3. The number of anilines is 2. The van der Waals surface area contributed by atoms with E-state index in [2.05, 4.69) is 15.6 Å². The van der Waals surface area contributed by atoms with Crippen LogP contribution in [0, 0.1) is 6.92 Å². The topological polar surface area (TPSA) is 91.3 Å². The van der Waals surface area contributed by atoms with Crippen LogP contribution in [-0.2, 0) is 6.54 Å². The lowest BCUT2D eigenvalue weighted by Gasteiger charge is -2.09. The molecular formula is C19H17N3O3S. The number of carboxylic acids is 1. The van der Waals surface area contributed by atoms with Crippen molar-refractivity contribution in [3.05, 3.63) is 76.3 Å². The van der Waals surface area contributed by atoms with Crippen LogP contribution in [0.15, 0.2) is 53.9 Å². The van der Waals surface area contributed by atoms with E-state index in [9.17, 15) is 9.59 Å². The highest BCUT2D eigenvalue weighted by molar-refractivity contribution is 7.14. The molecule has 3 rings (SSSR count). The standard InChI is InChI=1S/C19H17N3O3S/c1-12-4-2-3-5-15(12)20-10-13-6-8-14(9-7-13)17(23)22-19-21-16(11-26-19)18(24)25/h2-9,11,20H,10H2,1H3,(H,24,25)(H,21,22,23). The number of carboxylic acid groups (broad SMARTS) is 1. The number of aromatic nitrogens is 1. The largest absolute Gasteiger partial charge is 0.476 e. The lowest BCUT2D eigenvalue weighted by Crippen LogP contribution is -2.12. The minimum atomic E-state index is -1.12. The summed E-state index contributed by atoms with van der Waals surface area (Å²) < 4.78 is 0. The summed E-state index contributed by atoms with van der Waals surface area (Å²) in [5.74, 6) is -1.44. The minimum absolute atomic E-state index is 0.0806. The van der Waals surface area contributed by atoms with Gasteiger partial charge in [0.25, 0.3) is 5.91 Å². The first-order valence-electron chi connectivity index (χ1n) is 7.91. The lowest BCUT2D eigenvalue weighted by atomic mass is 10.1. The van der Waals surface area contributed by atoms with Gasteiger partial charge in [0.1, 0.15) is 0 Å². The van der Waals surface area contributed by atoms with Gasteiger partial charge in [-0.15, -0.1) is 11.3 Å². The lowest BCUT2D eigenvalue weighted by molar-refractivity contribution is 0.0691. The number of benzene rings is 2. The van der Waals surface area contributed by atoms with Crippen molar-refractivity contribution < 1.29 is 14.7 Å². The van der Waals surface area contributed by atoms with Crippen LogP contribution in [0.2, 0.25) is 0 Å². The van der Waals surface area contributed by atoms with E-state index in [0.29, 0.717) is 12.1 Å². The van der Waals surface area contributed by atoms with Gasteiger partial charge in [-0.05, 0) is 36.2 Å². The predicted molar refractivity (Wildman–Crippen MR) is 102 cm³/mol. The fourth-order valence-corrected chi connectivity index (χ4v) is 3.02. The molecule has 0 aliphatic carbocycles. The van der Waals surface area contributed by atoms with Crippen molar-refractivity contribution in [2.75, 3.05) is 10.6 Å². The van der Waals surface area contributed by atoms with Gasteiger partial charge in [0.15, 0.2) is 10.8 Å². The molecular weight excluding hydrogens is 350 g/mol. The number of amides is 1. The van der Waals surface area contributed by atoms with Crippen LogP contribution >= 0.6 is 11.3 Å². The third-order valence-electron chi connectivity index (χ3n) is 3.79. The zero-order valence-corrected chi connectivity index (χ0v) is 14.8. The highest BCUT2D eigenvalue weighted by atomic mass is 32.1. The van der Waals surface area contributed by atoms with E-state index >= 15 is 0 Å². The van der Waals surface area contributed by atoms with Crippen molar-refractivity contribution in [1.82, 2.24) is 4.98 Å². The smallest absolute Gasteiger partial charge is 0.355 e. The van der Waals surface area contributed by atoms with Gasteiger partial charge in [0, 0.05) is 23.2 Å². The maximum absolute atomic E-state index is 12.2. The first kappa shape index (κ1) is 17.6. The number of nitrogens with zero attached hydrogens (tertiary/aromatic N) is 1. The molecule has 132 valence electrons. The summed E-state index contributed by atoms with van der Waals surface area (Å²) in [7, 11) is 0. The number of thiazole rings is 1. The van der Waals surface area contributed by atoms with Crippen LogP contribution in [0.3, 0.4) is 0 Å². The number of rotatable bonds is 6. The van der Waals surface area contributed by atoms with Gasteiger partial charge in [0.05, 0.1) is 0 Å². The third-order valence-corrected chi connectivity index (χ3v) is 4.55. The van der Waals surface area contributed by atoms with Gasteiger partial charge in [-0.3, -0.25) is 10.1 Å². The SMILES string of the molecule is Cc1ccccc1NCc1ccc(C(=O)Nc2nc(C(=O)O)cs2)cc1. The Labute approximate surface area is 154 Å². The van der Waals surface area contributed by atoms with Crippen molar-refractivity contribution in [3.63, 3.8) is 0 Å². The number of carbonyl (C=O) groups is 2. The molecule has 0 spiro atoms. The molecule has 1 heterocycles. The summed E-state index contributed by atoms with van der Waals surface area (Å²) in [5, 5.41) is 16.5. The zero-order chi connectivity index (χ0) is 18.5. The van der Waals surface area contributed by atoms with Crippen molar-refractivity contribution in [1.29, 1.82) is 0 Å².